The molecule has 1 aromatic rings. The number of nitrogens with zero attached hydrogens (tertiary/aromatic N) is 2. The highest BCUT2D eigenvalue weighted by atomic mass is 31.2. The molecule has 1 aromatic carbocycles. The molecule has 0 radical (unpaired) electrons. The second-order valence-corrected chi connectivity index (χ2v) is 12.6. The minimum absolute atomic E-state index is 0.0344. The third-order valence-corrected chi connectivity index (χ3v) is 10.1. The van der Waals surface area contributed by atoms with Crippen molar-refractivity contribution in [2.24, 2.45) is 11.8 Å². The average molecular weight is 521 g/mol. The van der Waals surface area contributed by atoms with Crippen LogP contribution in [0.15, 0.2) is 18.2 Å². The monoisotopic (exact) mass is 520 g/mol. The molecule has 6 heterocycles. The molecule has 9 nitrogen and oxygen atoms in total. The van der Waals surface area contributed by atoms with Crippen LogP contribution in [0.4, 0.5) is 0 Å². The lowest BCUT2D eigenvalue weighted by atomic mass is 9.70. The average Bonchev–Trinajstić information content (AvgIpc) is 2.85. The quantitative estimate of drug-likeness (QED) is 0.459. The summed E-state index contributed by atoms with van der Waals surface area (Å²) in [7, 11) is -1.43. The van der Waals surface area contributed by atoms with E-state index in [0.29, 0.717) is 12.0 Å². The number of benzene rings is 1. The summed E-state index contributed by atoms with van der Waals surface area (Å²) < 4.78 is 23.6. The highest BCUT2D eigenvalue weighted by molar-refractivity contribution is 7.60. The molecule has 6 fully saturated rings. The predicted octanol–water partition coefficient (Wildman–Crippen LogP) is 0.934. The van der Waals surface area contributed by atoms with Gasteiger partial charge in [0.15, 0.2) is 11.6 Å². The first-order valence-corrected chi connectivity index (χ1v) is 14.5. The molecule has 198 valence electrons. The molecule has 4 bridgehead atoms. The number of carbonyl (C=O) groups excluding carboxylic acids is 2. The summed E-state index contributed by atoms with van der Waals surface area (Å²) >= 11 is 0. The molecule has 0 amide bonds. The Labute approximate surface area is 212 Å². The molecule has 0 aromatic heterocycles. The number of piperidine rings is 6. The van der Waals surface area contributed by atoms with Crippen LogP contribution in [0, 0.1) is 11.8 Å². The summed E-state index contributed by atoms with van der Waals surface area (Å²) in [6.45, 7) is 3.68. The Morgan fingerprint density at radius 2 is 1.33 bits per heavy atom. The topological polar surface area (TPSA) is 117 Å². The van der Waals surface area contributed by atoms with E-state index in [1.54, 1.807) is 26.4 Å². The Morgan fingerprint density at radius 1 is 0.861 bits per heavy atom. The Balaban J connectivity index is 1.54. The van der Waals surface area contributed by atoms with Crippen molar-refractivity contribution >= 4 is 24.5 Å². The molecule has 0 saturated carbocycles. The summed E-state index contributed by atoms with van der Waals surface area (Å²) in [6, 6.07) is 5.00. The molecular formula is C26H37N2O7P. The fourth-order valence-corrected chi connectivity index (χ4v) is 8.13. The number of methoxy groups -OCH3 is 2. The van der Waals surface area contributed by atoms with Gasteiger partial charge in [0, 0.05) is 38.9 Å². The summed E-state index contributed by atoms with van der Waals surface area (Å²) in [5.74, 6) is 0.294. The lowest BCUT2D eigenvalue weighted by Crippen LogP contribution is -2.68. The minimum Gasteiger partial charge on any atom is -0.382 e. The van der Waals surface area contributed by atoms with Gasteiger partial charge in [0.1, 0.15) is 11.1 Å². The Bertz CT molecular complexity index is 1070. The van der Waals surface area contributed by atoms with E-state index in [0.717, 1.165) is 57.4 Å². The van der Waals surface area contributed by atoms with Crippen molar-refractivity contribution in [2.45, 2.75) is 49.6 Å². The van der Waals surface area contributed by atoms with Gasteiger partial charge in [0.05, 0.1) is 18.5 Å². The summed E-state index contributed by atoms with van der Waals surface area (Å²) in [6.07, 6.45) is 3.93. The SMILES string of the molecule is COCC1(Cc2ccc(P(=O)(O)O)c(CC3(COC)C(=O)C4CCN3CC4)c2)C(=O)C2CCN1CC2. The molecule has 10 heteroatoms. The number of carbonyl (C=O) groups is 2. The molecule has 36 heavy (non-hydrogen) atoms. The van der Waals surface area contributed by atoms with E-state index in [-0.39, 0.29) is 48.3 Å². The molecule has 0 spiro atoms. The number of rotatable bonds is 9. The predicted molar refractivity (Wildman–Crippen MR) is 133 cm³/mol. The van der Waals surface area contributed by atoms with Gasteiger partial charge in [-0.15, -0.1) is 0 Å². The zero-order valence-corrected chi connectivity index (χ0v) is 22.0. The third-order valence-electron chi connectivity index (χ3n) is 9.06. The van der Waals surface area contributed by atoms with Crippen molar-refractivity contribution in [1.82, 2.24) is 9.80 Å². The van der Waals surface area contributed by atoms with E-state index in [1.807, 2.05) is 0 Å². The molecule has 6 saturated heterocycles. The van der Waals surface area contributed by atoms with Crippen molar-refractivity contribution in [3.05, 3.63) is 29.3 Å². The van der Waals surface area contributed by atoms with Crippen LogP contribution in [0.5, 0.6) is 0 Å². The fraction of sp³-hybridized carbons (Fsp3) is 0.692. The molecule has 0 aliphatic carbocycles. The van der Waals surface area contributed by atoms with Crippen LogP contribution in [-0.4, -0.2) is 95.8 Å². The summed E-state index contributed by atoms with van der Waals surface area (Å²) in [5, 5.41) is -0.0604. The van der Waals surface area contributed by atoms with Gasteiger partial charge in [0.2, 0.25) is 0 Å². The first-order chi connectivity index (χ1) is 17.1. The number of hydrogen-bond acceptors (Lipinski definition) is 7. The normalized spacial score (nSPS) is 36.0. The molecule has 2 unspecified atom stereocenters. The van der Waals surface area contributed by atoms with E-state index >= 15 is 0 Å². The van der Waals surface area contributed by atoms with Crippen molar-refractivity contribution in [3.8, 4) is 0 Å². The van der Waals surface area contributed by atoms with Crippen LogP contribution in [0.25, 0.3) is 0 Å². The maximum absolute atomic E-state index is 13.5. The van der Waals surface area contributed by atoms with Crippen LogP contribution >= 0.6 is 7.60 Å². The van der Waals surface area contributed by atoms with Gasteiger partial charge in [-0.25, -0.2) is 0 Å². The number of ether oxygens (including phenoxy) is 2. The van der Waals surface area contributed by atoms with Crippen molar-refractivity contribution in [2.75, 3.05) is 53.6 Å². The van der Waals surface area contributed by atoms with Gasteiger partial charge < -0.3 is 19.3 Å². The van der Waals surface area contributed by atoms with E-state index in [9.17, 15) is 23.9 Å². The van der Waals surface area contributed by atoms with Crippen molar-refractivity contribution in [3.63, 3.8) is 0 Å². The molecule has 2 atom stereocenters. The standard InChI is InChI=1S/C26H37N2O7P/c1-34-16-25(23(29)19-5-9-27(25)10-6-19)14-18-3-4-22(36(31,32)33)21(13-18)15-26(17-35-2)24(30)20-7-11-28(26)12-8-20/h3-4,13,19-20H,5-12,14-17H2,1-2H3,(H2,31,32,33). The van der Waals surface area contributed by atoms with Crippen LogP contribution in [-0.2, 0) is 36.5 Å². The number of Topliss-reactive ketones (excluding diaryl/α,β-unsaturated/α-hetero) is 2. The second kappa shape index (κ2) is 9.70. The molecule has 7 rings (SSSR count). The van der Waals surface area contributed by atoms with E-state index < -0.39 is 18.7 Å². The zero-order chi connectivity index (χ0) is 25.7. The zero-order valence-electron chi connectivity index (χ0n) is 21.1. The van der Waals surface area contributed by atoms with Gasteiger partial charge in [0.25, 0.3) is 0 Å². The van der Waals surface area contributed by atoms with E-state index in [1.165, 1.54) is 6.07 Å². The van der Waals surface area contributed by atoms with Crippen LogP contribution in [0.2, 0.25) is 0 Å². The molecular weight excluding hydrogens is 483 g/mol. The second-order valence-electron chi connectivity index (χ2n) is 11.0. The van der Waals surface area contributed by atoms with Gasteiger partial charge >= 0.3 is 7.60 Å². The number of ketones is 2. The number of fused-ring (bicyclic) bond motifs is 6. The number of hydrogen-bond donors (Lipinski definition) is 2. The van der Waals surface area contributed by atoms with E-state index in [4.69, 9.17) is 9.47 Å². The highest BCUT2D eigenvalue weighted by Crippen LogP contribution is 2.43. The van der Waals surface area contributed by atoms with Crippen molar-refractivity contribution < 1.29 is 33.4 Å². The Morgan fingerprint density at radius 3 is 1.75 bits per heavy atom. The fourth-order valence-electron chi connectivity index (χ4n) is 7.34. The summed E-state index contributed by atoms with van der Waals surface area (Å²) in [5.41, 5.74) is -0.443. The Hall–Kier alpha value is -1.45. The lowest BCUT2D eigenvalue weighted by Gasteiger charge is -2.53. The lowest BCUT2D eigenvalue weighted by molar-refractivity contribution is -0.153. The first-order valence-electron chi connectivity index (χ1n) is 12.9. The summed E-state index contributed by atoms with van der Waals surface area (Å²) in [4.78, 5) is 51.8. The van der Waals surface area contributed by atoms with Crippen LogP contribution in [0.3, 0.4) is 0 Å². The van der Waals surface area contributed by atoms with Gasteiger partial charge in [-0.1, -0.05) is 12.1 Å². The molecule has 6 aliphatic heterocycles. The van der Waals surface area contributed by atoms with Crippen molar-refractivity contribution in [1.29, 1.82) is 0 Å². The largest absolute Gasteiger partial charge is 0.382 e. The molecule has 2 N–H and O–H groups in total. The van der Waals surface area contributed by atoms with E-state index in [2.05, 4.69) is 9.80 Å². The maximum atomic E-state index is 13.5. The highest BCUT2D eigenvalue weighted by Gasteiger charge is 2.55. The maximum Gasteiger partial charge on any atom is 0.356 e. The molecule has 6 aliphatic rings. The smallest absolute Gasteiger partial charge is 0.356 e. The first kappa shape index (κ1) is 26.2. The minimum atomic E-state index is -4.60. The van der Waals surface area contributed by atoms with Gasteiger partial charge in [-0.3, -0.25) is 24.0 Å². The van der Waals surface area contributed by atoms with Gasteiger partial charge in [-0.05, 0) is 69.1 Å². The van der Waals surface area contributed by atoms with Gasteiger partial charge in [-0.2, -0.15) is 0 Å². The van der Waals surface area contributed by atoms with Crippen LogP contribution < -0.4 is 5.30 Å². The Kier molecular flexibility index (Phi) is 7.05. The third kappa shape index (κ3) is 4.23. The van der Waals surface area contributed by atoms with Crippen LogP contribution in [0.1, 0.15) is 36.8 Å².